The van der Waals surface area contributed by atoms with Gasteiger partial charge < -0.3 is 9.64 Å². The summed E-state index contributed by atoms with van der Waals surface area (Å²) in [5.74, 6) is 0.0568. The summed E-state index contributed by atoms with van der Waals surface area (Å²) in [6, 6.07) is 2.04. The lowest BCUT2D eigenvalue weighted by Crippen LogP contribution is -2.63. The van der Waals surface area contributed by atoms with Crippen LogP contribution in [0.5, 0.6) is 0 Å². The molecule has 208 valence electrons. The monoisotopic (exact) mass is 546 g/mol. The molecule has 5 rings (SSSR count). The maximum absolute atomic E-state index is 13.9. The van der Waals surface area contributed by atoms with Crippen LogP contribution in [0.4, 0.5) is 24.7 Å². The molecular weight excluding hydrogens is 517 g/mol. The van der Waals surface area contributed by atoms with Crippen molar-refractivity contribution in [1.29, 1.82) is 0 Å². The number of piperidine rings is 1. The van der Waals surface area contributed by atoms with E-state index >= 15 is 0 Å². The summed E-state index contributed by atoms with van der Waals surface area (Å²) in [6.45, 7) is 6.24. The predicted octanol–water partition coefficient (Wildman–Crippen LogP) is 2.60. The first-order valence-corrected chi connectivity index (χ1v) is 12.7. The van der Waals surface area contributed by atoms with Crippen LogP contribution < -0.4 is 9.80 Å². The first-order chi connectivity index (χ1) is 18.6. The van der Waals surface area contributed by atoms with Gasteiger partial charge in [0.1, 0.15) is 28.6 Å². The number of likely N-dealkylation sites (N-methyl/N-ethyl adjacent to an activating group) is 1. The summed E-state index contributed by atoms with van der Waals surface area (Å²) in [4.78, 5) is 43.3. The molecule has 0 aromatic carbocycles. The van der Waals surface area contributed by atoms with Crippen molar-refractivity contribution >= 4 is 35.0 Å². The Bertz CT molecular complexity index is 1380. The number of hydrogen-bond acceptors (Lipinski definition) is 9. The number of rotatable bonds is 7. The second-order valence-electron chi connectivity index (χ2n) is 9.83. The molecule has 0 spiro atoms. The topological polar surface area (TPSA) is 110 Å². The average Bonchev–Trinajstić information content (AvgIpc) is 3.22. The van der Waals surface area contributed by atoms with Gasteiger partial charge in [-0.1, -0.05) is 6.92 Å². The van der Waals surface area contributed by atoms with E-state index in [0.717, 1.165) is 22.3 Å². The maximum atomic E-state index is 13.9. The molecule has 39 heavy (non-hydrogen) atoms. The lowest BCUT2D eigenvalue weighted by molar-refractivity contribution is -0.141. The molecule has 2 fully saturated rings. The largest absolute Gasteiger partial charge is 0.433 e. The van der Waals surface area contributed by atoms with Crippen LogP contribution in [0.2, 0.25) is 0 Å². The Morgan fingerprint density at radius 1 is 1.26 bits per heavy atom. The van der Waals surface area contributed by atoms with Crippen LogP contribution in [-0.2, 0) is 20.5 Å². The third-order valence-corrected chi connectivity index (χ3v) is 7.68. The first-order valence-electron chi connectivity index (χ1n) is 12.7. The zero-order valence-corrected chi connectivity index (χ0v) is 21.9. The number of hydrogen-bond donors (Lipinski definition) is 0. The van der Waals surface area contributed by atoms with Crippen molar-refractivity contribution < 1.29 is 27.5 Å². The Morgan fingerprint density at radius 3 is 2.56 bits per heavy atom. The van der Waals surface area contributed by atoms with Crippen LogP contribution in [0.25, 0.3) is 11.2 Å². The fourth-order valence-electron chi connectivity index (χ4n) is 5.15. The number of halogens is 3. The van der Waals surface area contributed by atoms with Crippen LogP contribution in [0.3, 0.4) is 0 Å². The predicted molar refractivity (Wildman–Crippen MR) is 135 cm³/mol. The number of alkyl halides is 3. The van der Waals surface area contributed by atoms with E-state index in [1.807, 2.05) is 28.3 Å². The van der Waals surface area contributed by atoms with Crippen LogP contribution in [0.15, 0.2) is 24.5 Å². The molecule has 0 atom stereocenters. The first kappa shape index (κ1) is 26.9. The molecule has 0 radical (unpaired) electrons. The molecule has 2 aliphatic rings. The number of ether oxygens (including phenoxy) is 1. The number of pyridine rings is 1. The zero-order valence-electron chi connectivity index (χ0n) is 21.9. The highest BCUT2D eigenvalue weighted by Crippen LogP contribution is 2.35. The van der Waals surface area contributed by atoms with E-state index in [4.69, 9.17) is 9.72 Å². The molecule has 2 aliphatic heterocycles. The van der Waals surface area contributed by atoms with Gasteiger partial charge in [0.25, 0.3) is 5.91 Å². The van der Waals surface area contributed by atoms with E-state index < -0.39 is 23.3 Å². The molecule has 3 aromatic rings. The average molecular weight is 547 g/mol. The lowest BCUT2D eigenvalue weighted by atomic mass is 9.84. The van der Waals surface area contributed by atoms with Gasteiger partial charge in [0.15, 0.2) is 5.65 Å². The van der Waals surface area contributed by atoms with Gasteiger partial charge in [0.05, 0.1) is 30.8 Å². The van der Waals surface area contributed by atoms with E-state index in [9.17, 15) is 22.8 Å². The minimum atomic E-state index is -4.71. The van der Waals surface area contributed by atoms with Crippen LogP contribution in [0, 0.1) is 6.92 Å². The molecule has 0 N–H and O–H groups in total. The highest BCUT2D eigenvalue weighted by molar-refractivity contribution is 6.11. The van der Waals surface area contributed by atoms with Crippen LogP contribution >= 0.6 is 0 Å². The Labute approximate surface area is 222 Å². The number of carbonyl (C=O) groups excluding carboxylic acids is 2. The molecule has 0 aliphatic carbocycles. The van der Waals surface area contributed by atoms with E-state index in [2.05, 4.69) is 15.1 Å². The zero-order chi connectivity index (χ0) is 27.9. The summed E-state index contributed by atoms with van der Waals surface area (Å²) in [5.41, 5.74) is -0.292. The molecule has 2 saturated heterocycles. The summed E-state index contributed by atoms with van der Waals surface area (Å²) in [7, 11) is 1.78. The maximum Gasteiger partial charge on any atom is 0.433 e. The third kappa shape index (κ3) is 4.71. The van der Waals surface area contributed by atoms with Crippen molar-refractivity contribution in [2.75, 3.05) is 49.7 Å². The number of imide groups is 1. The molecule has 0 saturated carbocycles. The molecule has 5 heterocycles. The van der Waals surface area contributed by atoms with Gasteiger partial charge in [-0.25, -0.2) is 14.6 Å². The van der Waals surface area contributed by atoms with Crippen LogP contribution in [-0.4, -0.2) is 87.4 Å². The van der Waals surface area contributed by atoms with Gasteiger partial charge in [0, 0.05) is 19.3 Å². The molecule has 0 bridgehead atoms. The molecule has 11 nitrogen and oxygen atoms in total. The van der Waals surface area contributed by atoms with Crippen molar-refractivity contribution in [2.24, 2.45) is 0 Å². The lowest BCUT2D eigenvalue weighted by Gasteiger charge is -2.47. The van der Waals surface area contributed by atoms with Gasteiger partial charge in [-0.3, -0.25) is 24.4 Å². The Balaban J connectivity index is 1.41. The normalized spacial score (nSPS) is 17.9. The molecule has 3 aromatic heterocycles. The summed E-state index contributed by atoms with van der Waals surface area (Å²) >= 11 is 0. The molecule has 0 unspecified atom stereocenters. The second kappa shape index (κ2) is 10.2. The molecule has 2 amide bonds. The highest BCUT2D eigenvalue weighted by Gasteiger charge is 2.47. The molecular formula is C25H29F3N8O3. The Kier molecular flexibility index (Phi) is 7.01. The Hall–Kier alpha value is -3.65. The number of anilines is 2. The summed E-state index contributed by atoms with van der Waals surface area (Å²) < 4.78 is 46.9. The van der Waals surface area contributed by atoms with Crippen molar-refractivity contribution in [3.8, 4) is 0 Å². The smallest absolute Gasteiger partial charge is 0.377 e. The van der Waals surface area contributed by atoms with Crippen molar-refractivity contribution in [2.45, 2.75) is 44.4 Å². The van der Waals surface area contributed by atoms with Crippen molar-refractivity contribution in [3.63, 3.8) is 0 Å². The van der Waals surface area contributed by atoms with Crippen molar-refractivity contribution in [1.82, 2.24) is 29.6 Å². The summed E-state index contributed by atoms with van der Waals surface area (Å²) in [5, 5.41) is 4.59. The standard InChI is InChI=1S/C25H29F3N8O3/c1-4-33(3)24(23(38)35(15-37)17-5-8-29-19(11-17)25(26,27)28)6-9-34(10-7-24)20-12-30-21-16(2)32-36(22(21)31-20)18-13-39-14-18/h5,8,11-12,15,18H,4,6-7,9-10,13-14H2,1-3H3. The number of carbonyl (C=O) groups is 2. The van der Waals surface area contributed by atoms with E-state index in [1.165, 1.54) is 6.07 Å². The van der Waals surface area contributed by atoms with Gasteiger partial charge in [-0.2, -0.15) is 18.3 Å². The second-order valence-corrected chi connectivity index (χ2v) is 9.83. The van der Waals surface area contributed by atoms with E-state index in [1.54, 1.807) is 13.2 Å². The number of fused-ring (bicyclic) bond motifs is 1. The number of amides is 2. The number of aromatic nitrogens is 5. The third-order valence-electron chi connectivity index (χ3n) is 7.68. The van der Waals surface area contributed by atoms with E-state index in [0.29, 0.717) is 63.2 Å². The van der Waals surface area contributed by atoms with Gasteiger partial charge >= 0.3 is 6.18 Å². The van der Waals surface area contributed by atoms with Gasteiger partial charge in [-0.05, 0) is 45.5 Å². The SMILES string of the molecule is CCN(C)C1(C(=O)N(C=O)c2ccnc(C(F)(F)F)c2)CCN(c2cnc3c(C)nn(C4COC4)c3n2)CC1. The van der Waals surface area contributed by atoms with Gasteiger partial charge in [0.2, 0.25) is 6.41 Å². The fourth-order valence-corrected chi connectivity index (χ4v) is 5.15. The summed E-state index contributed by atoms with van der Waals surface area (Å²) in [6.07, 6.45) is -1.17. The minimum Gasteiger partial charge on any atom is -0.377 e. The highest BCUT2D eigenvalue weighted by atomic mass is 19.4. The van der Waals surface area contributed by atoms with E-state index in [-0.39, 0.29) is 18.1 Å². The number of nitrogens with zero attached hydrogens (tertiary/aromatic N) is 8. The minimum absolute atomic E-state index is 0.107. The van der Waals surface area contributed by atoms with Crippen molar-refractivity contribution in [3.05, 3.63) is 35.9 Å². The molecule has 14 heteroatoms. The van der Waals surface area contributed by atoms with Crippen LogP contribution in [0.1, 0.15) is 37.2 Å². The Morgan fingerprint density at radius 2 is 1.97 bits per heavy atom. The van der Waals surface area contributed by atoms with Gasteiger partial charge in [-0.15, -0.1) is 0 Å². The quantitative estimate of drug-likeness (QED) is 0.413. The number of aryl methyl sites for hydroxylation is 1. The fraction of sp³-hybridized carbons (Fsp3) is 0.520.